The molecule has 3 heteroatoms. The van der Waals surface area contributed by atoms with E-state index < -0.39 is 0 Å². The zero-order valence-electron chi connectivity index (χ0n) is 20.3. The van der Waals surface area contributed by atoms with Crippen LogP contribution >= 0.6 is 23.1 Å². The maximum absolute atomic E-state index is 6.30. The molecule has 0 amide bonds. The topological polar surface area (TPSA) is 26.0 Å². The van der Waals surface area contributed by atoms with Gasteiger partial charge in [-0.25, -0.2) is 0 Å². The molecule has 0 fully saturated rings. The summed E-state index contributed by atoms with van der Waals surface area (Å²) in [4.78, 5) is 1.49. The first-order chi connectivity index (χ1) is 12.5. The van der Waals surface area contributed by atoms with Crippen molar-refractivity contribution in [1.29, 1.82) is 0 Å². The highest BCUT2D eigenvalue weighted by Crippen LogP contribution is 2.43. The smallest absolute Gasteiger partial charge is 0.0199 e. The Morgan fingerprint density at radius 3 is 2.04 bits per heavy atom. The van der Waals surface area contributed by atoms with E-state index in [-0.39, 0.29) is 21.7 Å². The number of hydrogen-bond donors (Lipinski definition) is 1. The molecular formula is C25H45NS2. The van der Waals surface area contributed by atoms with E-state index in [0.717, 1.165) is 5.70 Å². The summed E-state index contributed by atoms with van der Waals surface area (Å²) in [7, 11) is 0. The fourth-order valence-corrected chi connectivity index (χ4v) is 5.72. The quantitative estimate of drug-likeness (QED) is 0.453. The molecule has 2 N–H and O–H groups in total. The molecule has 0 bridgehead atoms. The summed E-state index contributed by atoms with van der Waals surface area (Å²) < 4.78 is 0. The Labute approximate surface area is 184 Å². The SMILES string of the molecule is CCC(S/C=C(\N)C(C)(C)C)C(C)(C)CCC(C)(C)c1csc(C(C)(C)C)c1. The predicted octanol–water partition coefficient (Wildman–Crippen LogP) is 8.49. The summed E-state index contributed by atoms with van der Waals surface area (Å²) in [6.07, 6.45) is 3.59. The van der Waals surface area contributed by atoms with E-state index in [1.807, 2.05) is 23.1 Å². The summed E-state index contributed by atoms with van der Waals surface area (Å²) in [5.74, 6) is 0. The van der Waals surface area contributed by atoms with E-state index in [1.54, 1.807) is 0 Å². The lowest BCUT2D eigenvalue weighted by atomic mass is 9.74. The van der Waals surface area contributed by atoms with Crippen LogP contribution in [-0.4, -0.2) is 5.25 Å². The van der Waals surface area contributed by atoms with Gasteiger partial charge in [0.1, 0.15) is 0 Å². The first-order valence-electron chi connectivity index (χ1n) is 10.7. The van der Waals surface area contributed by atoms with Crippen molar-refractivity contribution in [3.8, 4) is 0 Å². The summed E-state index contributed by atoms with van der Waals surface area (Å²) >= 11 is 3.85. The van der Waals surface area contributed by atoms with Crippen molar-refractivity contribution >= 4 is 23.1 Å². The normalized spacial score (nSPS) is 15.8. The molecular weight excluding hydrogens is 378 g/mol. The monoisotopic (exact) mass is 423 g/mol. The van der Waals surface area contributed by atoms with Crippen molar-refractivity contribution in [3.63, 3.8) is 0 Å². The van der Waals surface area contributed by atoms with E-state index in [0.29, 0.717) is 5.25 Å². The lowest BCUT2D eigenvalue weighted by molar-refractivity contribution is 0.275. The van der Waals surface area contributed by atoms with Gasteiger partial charge in [0.15, 0.2) is 0 Å². The molecule has 0 aliphatic rings. The Hall–Kier alpha value is -0.410. The second-order valence-corrected chi connectivity index (χ2v) is 13.7. The summed E-state index contributed by atoms with van der Waals surface area (Å²) in [6, 6.07) is 2.44. The number of allylic oxidation sites excluding steroid dienone is 1. The standard InChI is InChI=1S/C25H45NS2/c1-12-20(28-17-19(26)22(2,3)4)25(10,11)14-13-24(8,9)18-15-21(27-16-18)23(5,6)7/h15-17,20H,12-14,26H2,1-11H3/b19-17-. The molecule has 0 saturated heterocycles. The van der Waals surface area contributed by atoms with Gasteiger partial charge in [-0.05, 0) is 57.9 Å². The van der Waals surface area contributed by atoms with Crippen molar-refractivity contribution in [2.75, 3.05) is 0 Å². The van der Waals surface area contributed by atoms with Gasteiger partial charge in [-0.1, -0.05) is 76.2 Å². The molecule has 0 aliphatic carbocycles. The van der Waals surface area contributed by atoms with E-state index in [1.165, 1.54) is 29.7 Å². The summed E-state index contributed by atoms with van der Waals surface area (Å²) in [5, 5.41) is 5.17. The zero-order valence-corrected chi connectivity index (χ0v) is 22.0. The van der Waals surface area contributed by atoms with E-state index in [2.05, 4.69) is 93.0 Å². The van der Waals surface area contributed by atoms with Crippen LogP contribution in [0.15, 0.2) is 22.6 Å². The van der Waals surface area contributed by atoms with Gasteiger partial charge in [0, 0.05) is 21.2 Å². The second kappa shape index (κ2) is 9.16. The van der Waals surface area contributed by atoms with Crippen LogP contribution in [0.25, 0.3) is 0 Å². The highest BCUT2D eigenvalue weighted by molar-refractivity contribution is 8.02. The molecule has 1 nitrogen and oxygen atoms in total. The Balaban J connectivity index is 2.85. The molecule has 1 atom stereocenters. The first-order valence-corrected chi connectivity index (χ1v) is 12.5. The lowest BCUT2D eigenvalue weighted by Gasteiger charge is -2.36. The van der Waals surface area contributed by atoms with Gasteiger partial charge in [-0.3, -0.25) is 0 Å². The van der Waals surface area contributed by atoms with Gasteiger partial charge < -0.3 is 5.73 Å². The number of hydrogen-bond acceptors (Lipinski definition) is 3. The zero-order chi connectivity index (χ0) is 22.0. The van der Waals surface area contributed by atoms with Crippen LogP contribution < -0.4 is 5.73 Å². The average molecular weight is 424 g/mol. The Bertz CT molecular complexity index is 651. The third-order valence-corrected chi connectivity index (χ3v) is 9.03. The van der Waals surface area contributed by atoms with Gasteiger partial charge >= 0.3 is 0 Å². The van der Waals surface area contributed by atoms with Crippen molar-refractivity contribution in [1.82, 2.24) is 0 Å². The van der Waals surface area contributed by atoms with Crippen LogP contribution in [0.3, 0.4) is 0 Å². The minimum absolute atomic E-state index is 0.0428. The molecule has 1 aromatic rings. The average Bonchev–Trinajstić information content (AvgIpc) is 3.03. The second-order valence-electron chi connectivity index (χ2n) is 11.7. The van der Waals surface area contributed by atoms with Crippen LogP contribution in [0.5, 0.6) is 0 Å². The third-order valence-electron chi connectivity index (χ3n) is 5.98. The number of rotatable bonds is 8. The molecule has 162 valence electrons. The molecule has 0 aliphatic heterocycles. The molecule has 1 unspecified atom stereocenters. The van der Waals surface area contributed by atoms with E-state index in [4.69, 9.17) is 5.73 Å². The summed E-state index contributed by atoms with van der Waals surface area (Å²) in [5.41, 5.74) is 9.54. The lowest BCUT2D eigenvalue weighted by Crippen LogP contribution is -2.29. The van der Waals surface area contributed by atoms with E-state index in [9.17, 15) is 0 Å². The van der Waals surface area contributed by atoms with Crippen LogP contribution in [-0.2, 0) is 10.8 Å². The summed E-state index contributed by atoms with van der Waals surface area (Å²) in [6.45, 7) is 25.4. The maximum Gasteiger partial charge on any atom is 0.0199 e. The fourth-order valence-electron chi connectivity index (χ4n) is 3.19. The molecule has 0 saturated carbocycles. The largest absolute Gasteiger partial charge is 0.401 e. The van der Waals surface area contributed by atoms with Gasteiger partial charge in [0.25, 0.3) is 0 Å². The molecule has 1 rings (SSSR count). The van der Waals surface area contributed by atoms with Crippen molar-refractivity contribution in [2.24, 2.45) is 16.6 Å². The molecule has 1 aromatic heterocycles. The van der Waals surface area contributed by atoms with Gasteiger partial charge in [-0.2, -0.15) is 0 Å². The number of thiophene rings is 1. The fraction of sp³-hybridized carbons (Fsp3) is 0.760. The van der Waals surface area contributed by atoms with Crippen molar-refractivity contribution in [3.05, 3.63) is 33.0 Å². The van der Waals surface area contributed by atoms with Gasteiger partial charge in [0.05, 0.1) is 0 Å². The molecule has 0 radical (unpaired) electrons. The van der Waals surface area contributed by atoms with Gasteiger partial charge in [0.2, 0.25) is 0 Å². The first kappa shape index (κ1) is 25.6. The van der Waals surface area contributed by atoms with Gasteiger partial charge in [-0.15, -0.1) is 23.1 Å². The molecule has 0 spiro atoms. The Morgan fingerprint density at radius 1 is 1.04 bits per heavy atom. The molecule has 0 aromatic carbocycles. The maximum atomic E-state index is 6.30. The molecule has 28 heavy (non-hydrogen) atoms. The highest BCUT2D eigenvalue weighted by Gasteiger charge is 2.32. The number of thioether (sulfide) groups is 1. The van der Waals surface area contributed by atoms with Crippen LogP contribution in [0.1, 0.15) is 106 Å². The van der Waals surface area contributed by atoms with Crippen LogP contribution in [0.4, 0.5) is 0 Å². The molecule has 1 heterocycles. The Kier molecular flexibility index (Phi) is 8.39. The number of nitrogens with two attached hydrogens (primary N) is 1. The van der Waals surface area contributed by atoms with Crippen molar-refractivity contribution < 1.29 is 0 Å². The Morgan fingerprint density at radius 2 is 1.61 bits per heavy atom. The minimum atomic E-state index is 0.0428. The minimum Gasteiger partial charge on any atom is -0.401 e. The van der Waals surface area contributed by atoms with Crippen LogP contribution in [0.2, 0.25) is 0 Å². The highest BCUT2D eigenvalue weighted by atomic mass is 32.2. The van der Waals surface area contributed by atoms with Crippen molar-refractivity contribution in [2.45, 2.75) is 112 Å². The third kappa shape index (κ3) is 7.13. The predicted molar refractivity (Wildman–Crippen MR) is 132 cm³/mol. The van der Waals surface area contributed by atoms with E-state index >= 15 is 0 Å². The van der Waals surface area contributed by atoms with Crippen LogP contribution in [0, 0.1) is 10.8 Å².